The third kappa shape index (κ3) is 9.87. The number of fused-ring (bicyclic) bond motifs is 1. The zero-order valence-corrected chi connectivity index (χ0v) is 22.6. The van der Waals surface area contributed by atoms with E-state index < -0.39 is 11.9 Å². The second kappa shape index (κ2) is 15.2. The third-order valence-electron chi connectivity index (χ3n) is 6.69. The summed E-state index contributed by atoms with van der Waals surface area (Å²) in [7, 11) is 1.69. The van der Waals surface area contributed by atoms with Crippen LogP contribution in [0.2, 0.25) is 0 Å². The summed E-state index contributed by atoms with van der Waals surface area (Å²) in [6.07, 6.45) is 5.38. The molecule has 0 bridgehead atoms. The Hall–Kier alpha value is -3.30. The van der Waals surface area contributed by atoms with E-state index >= 15 is 0 Å². The SMILES string of the molecule is COc1ccc2c(c1)CN(C(=O)CCN1CCC(Cc3ccccc3)CC1)CCS2.O=C(O)/C=C/C(=O)O. The van der Waals surface area contributed by atoms with Crippen molar-refractivity contribution in [2.24, 2.45) is 5.92 Å². The number of nitrogens with zero attached hydrogens (tertiary/aromatic N) is 2. The van der Waals surface area contributed by atoms with Crippen LogP contribution in [0.15, 0.2) is 65.6 Å². The molecule has 4 rings (SSSR count). The molecule has 1 fully saturated rings. The molecule has 0 saturated carbocycles. The number of hydrogen-bond donors (Lipinski definition) is 2. The van der Waals surface area contributed by atoms with Crippen molar-refractivity contribution in [3.05, 3.63) is 71.8 Å². The molecule has 9 heteroatoms. The van der Waals surface area contributed by atoms with Crippen LogP contribution in [-0.2, 0) is 27.3 Å². The van der Waals surface area contributed by atoms with E-state index in [0.29, 0.717) is 25.1 Å². The molecule has 0 spiro atoms. The first kappa shape index (κ1) is 29.3. The van der Waals surface area contributed by atoms with Crippen LogP contribution in [0.3, 0.4) is 0 Å². The molecule has 0 atom stereocenters. The molecule has 8 nitrogen and oxygen atoms in total. The predicted molar refractivity (Wildman–Crippen MR) is 147 cm³/mol. The first-order valence-corrected chi connectivity index (χ1v) is 13.8. The van der Waals surface area contributed by atoms with Crippen LogP contribution >= 0.6 is 11.8 Å². The number of carbonyl (C=O) groups excluding carboxylic acids is 1. The molecule has 1 saturated heterocycles. The molecule has 0 aromatic heterocycles. The normalized spacial score (nSPS) is 16.2. The molecule has 2 aromatic carbocycles. The van der Waals surface area contributed by atoms with Crippen molar-refractivity contribution in [3.8, 4) is 5.75 Å². The Morgan fingerprint density at radius 1 is 1.00 bits per heavy atom. The van der Waals surface area contributed by atoms with Crippen LogP contribution in [0.25, 0.3) is 0 Å². The van der Waals surface area contributed by atoms with Crippen LogP contribution in [0.1, 0.15) is 30.4 Å². The molecular formula is C29H36N2O6S. The lowest BCUT2D eigenvalue weighted by Gasteiger charge is -2.32. The fraction of sp³-hybridized carbons (Fsp3) is 0.414. The van der Waals surface area contributed by atoms with E-state index in [4.69, 9.17) is 14.9 Å². The third-order valence-corrected chi connectivity index (χ3v) is 7.78. The number of carbonyl (C=O) groups is 3. The monoisotopic (exact) mass is 540 g/mol. The Morgan fingerprint density at radius 3 is 2.32 bits per heavy atom. The van der Waals surface area contributed by atoms with Gasteiger partial charge in [0.1, 0.15) is 5.75 Å². The first-order chi connectivity index (χ1) is 18.3. The average molecular weight is 541 g/mol. The number of likely N-dealkylation sites (tertiary alicyclic amines) is 1. The molecule has 1 amide bonds. The van der Waals surface area contributed by atoms with Gasteiger partial charge in [-0.25, -0.2) is 9.59 Å². The Bertz CT molecular complexity index is 1080. The first-order valence-electron chi connectivity index (χ1n) is 12.8. The van der Waals surface area contributed by atoms with Crippen molar-refractivity contribution < 1.29 is 29.3 Å². The molecule has 2 aromatic rings. The topological polar surface area (TPSA) is 107 Å². The van der Waals surface area contributed by atoms with Crippen molar-refractivity contribution in [2.45, 2.75) is 37.1 Å². The fourth-order valence-electron chi connectivity index (χ4n) is 4.63. The lowest BCUT2D eigenvalue weighted by Crippen LogP contribution is -2.38. The van der Waals surface area contributed by atoms with Crippen molar-refractivity contribution in [3.63, 3.8) is 0 Å². The van der Waals surface area contributed by atoms with E-state index in [1.54, 1.807) is 7.11 Å². The van der Waals surface area contributed by atoms with E-state index in [2.05, 4.69) is 47.4 Å². The van der Waals surface area contributed by atoms with Gasteiger partial charge in [-0.3, -0.25) is 4.79 Å². The molecule has 2 heterocycles. The highest BCUT2D eigenvalue weighted by atomic mass is 32.2. The molecule has 0 radical (unpaired) electrons. The summed E-state index contributed by atoms with van der Waals surface area (Å²) in [4.78, 5) is 37.8. The van der Waals surface area contributed by atoms with Gasteiger partial charge in [-0.05, 0) is 67.6 Å². The standard InChI is InChI=1S/C25H32N2O2S.C4H4O4/c1-29-23-7-8-24-22(18-23)19-27(15-16-30-24)25(28)11-14-26-12-9-21(10-13-26)17-20-5-3-2-4-6-20;5-3(6)1-2-4(7)8/h2-8,18,21H,9-17,19H2,1H3;1-2H,(H,5,6)(H,7,8)/b;2-1+. The summed E-state index contributed by atoms with van der Waals surface area (Å²) < 4.78 is 5.37. The minimum atomic E-state index is -1.26. The maximum Gasteiger partial charge on any atom is 0.328 e. The Balaban J connectivity index is 0.000000436. The molecule has 0 unspecified atom stereocenters. The van der Waals surface area contributed by atoms with Gasteiger partial charge in [0.25, 0.3) is 0 Å². The van der Waals surface area contributed by atoms with Crippen molar-refractivity contribution in [1.82, 2.24) is 9.80 Å². The average Bonchev–Trinajstić information content (AvgIpc) is 3.14. The zero-order valence-electron chi connectivity index (χ0n) is 21.8. The second-order valence-electron chi connectivity index (χ2n) is 9.37. The fourth-order valence-corrected chi connectivity index (χ4v) is 5.63. The molecule has 2 aliphatic rings. The number of amides is 1. The summed E-state index contributed by atoms with van der Waals surface area (Å²) in [6, 6.07) is 17.0. The van der Waals surface area contributed by atoms with E-state index in [1.165, 1.54) is 35.3 Å². The number of ether oxygens (including phenoxy) is 1. The van der Waals surface area contributed by atoms with Crippen LogP contribution in [0.5, 0.6) is 5.75 Å². The number of thioether (sulfide) groups is 1. The minimum absolute atomic E-state index is 0.276. The summed E-state index contributed by atoms with van der Waals surface area (Å²) >= 11 is 1.84. The summed E-state index contributed by atoms with van der Waals surface area (Å²) in [5, 5.41) is 15.6. The van der Waals surface area contributed by atoms with Crippen molar-refractivity contribution in [1.29, 1.82) is 0 Å². The van der Waals surface area contributed by atoms with E-state index in [-0.39, 0.29) is 5.91 Å². The minimum Gasteiger partial charge on any atom is -0.497 e. The summed E-state index contributed by atoms with van der Waals surface area (Å²) in [5.41, 5.74) is 2.65. The second-order valence-corrected chi connectivity index (χ2v) is 10.5. The number of rotatable bonds is 8. The van der Waals surface area contributed by atoms with Gasteiger partial charge in [-0.2, -0.15) is 0 Å². The quantitative estimate of drug-likeness (QED) is 0.480. The predicted octanol–water partition coefficient (Wildman–Crippen LogP) is 4.19. The van der Waals surface area contributed by atoms with Gasteiger partial charge < -0.3 is 24.7 Å². The molecule has 2 aliphatic heterocycles. The number of piperidine rings is 1. The Labute approximate surface area is 228 Å². The van der Waals surface area contributed by atoms with Crippen molar-refractivity contribution in [2.75, 3.05) is 39.0 Å². The summed E-state index contributed by atoms with van der Waals surface area (Å²) in [6.45, 7) is 4.62. The van der Waals surface area contributed by atoms with E-state index in [9.17, 15) is 14.4 Å². The molecule has 38 heavy (non-hydrogen) atoms. The van der Waals surface area contributed by atoms with Gasteiger partial charge in [-0.15, -0.1) is 11.8 Å². The van der Waals surface area contributed by atoms with Gasteiger partial charge in [0.15, 0.2) is 0 Å². The highest BCUT2D eigenvalue weighted by Gasteiger charge is 2.23. The molecule has 204 valence electrons. The number of methoxy groups -OCH3 is 1. The molecule has 2 N–H and O–H groups in total. The maximum absolute atomic E-state index is 12.9. The van der Waals surface area contributed by atoms with Gasteiger partial charge in [0, 0.05) is 48.9 Å². The maximum atomic E-state index is 12.9. The van der Waals surface area contributed by atoms with Crippen LogP contribution in [0, 0.1) is 5.92 Å². The Morgan fingerprint density at radius 2 is 1.68 bits per heavy atom. The van der Waals surface area contributed by atoms with Gasteiger partial charge in [0.2, 0.25) is 5.91 Å². The lowest BCUT2D eigenvalue weighted by atomic mass is 9.90. The largest absolute Gasteiger partial charge is 0.497 e. The van der Waals surface area contributed by atoms with E-state index in [0.717, 1.165) is 43.6 Å². The summed E-state index contributed by atoms with van der Waals surface area (Å²) in [5.74, 6) is 0.351. The smallest absolute Gasteiger partial charge is 0.328 e. The van der Waals surface area contributed by atoms with Crippen molar-refractivity contribution >= 4 is 29.6 Å². The van der Waals surface area contributed by atoms with Crippen LogP contribution < -0.4 is 4.74 Å². The number of carboxylic acid groups (broad SMARTS) is 2. The van der Waals surface area contributed by atoms with Gasteiger partial charge in [-0.1, -0.05) is 30.3 Å². The number of benzene rings is 2. The van der Waals surface area contributed by atoms with Gasteiger partial charge >= 0.3 is 11.9 Å². The number of carboxylic acids is 2. The molecule has 0 aliphatic carbocycles. The highest BCUT2D eigenvalue weighted by molar-refractivity contribution is 7.99. The number of hydrogen-bond acceptors (Lipinski definition) is 6. The molecular weight excluding hydrogens is 504 g/mol. The number of aliphatic carboxylic acids is 2. The van der Waals surface area contributed by atoms with Gasteiger partial charge in [0.05, 0.1) is 7.11 Å². The van der Waals surface area contributed by atoms with Crippen LogP contribution in [0.4, 0.5) is 0 Å². The Kier molecular flexibility index (Phi) is 11.7. The highest BCUT2D eigenvalue weighted by Crippen LogP contribution is 2.30. The van der Waals surface area contributed by atoms with Crippen LogP contribution in [-0.4, -0.2) is 76.9 Å². The van der Waals surface area contributed by atoms with E-state index in [1.807, 2.05) is 22.7 Å². The lowest BCUT2D eigenvalue weighted by molar-refractivity contribution is -0.134. The zero-order chi connectivity index (χ0) is 27.3.